The van der Waals surface area contributed by atoms with Crippen LogP contribution in [0.3, 0.4) is 0 Å². The second kappa shape index (κ2) is 7.95. The summed E-state index contributed by atoms with van der Waals surface area (Å²) < 4.78 is 7.77. The van der Waals surface area contributed by atoms with Crippen LogP contribution in [0.4, 0.5) is 5.69 Å². The predicted octanol–water partition coefficient (Wildman–Crippen LogP) is 0.305. The molecular formula is C16H20N4O4S. The minimum absolute atomic E-state index is 0.0375. The van der Waals surface area contributed by atoms with Gasteiger partial charge in [-0.15, -0.1) is 0 Å². The zero-order valence-corrected chi connectivity index (χ0v) is 15.0. The van der Waals surface area contributed by atoms with Gasteiger partial charge >= 0.3 is 5.97 Å². The number of hydrogen-bond acceptors (Lipinski definition) is 5. The third-order valence-corrected chi connectivity index (χ3v) is 3.99. The summed E-state index contributed by atoms with van der Waals surface area (Å²) in [6.45, 7) is 1.28. The number of aromatic nitrogens is 2. The van der Waals surface area contributed by atoms with Crippen molar-refractivity contribution in [3.8, 4) is 5.69 Å². The van der Waals surface area contributed by atoms with Crippen molar-refractivity contribution in [1.82, 2.24) is 14.7 Å². The number of para-hydroxylation sites is 1. The number of aliphatic hydroxyl groups excluding tert-OH is 1. The summed E-state index contributed by atoms with van der Waals surface area (Å²) >= 11 is 5.14. The van der Waals surface area contributed by atoms with Gasteiger partial charge in [0.1, 0.15) is 11.7 Å². The van der Waals surface area contributed by atoms with Crippen molar-refractivity contribution in [2.24, 2.45) is 7.05 Å². The minimum atomic E-state index is -1.01. The molecule has 2 rings (SSSR count). The second-order valence-electron chi connectivity index (χ2n) is 5.29. The van der Waals surface area contributed by atoms with Crippen LogP contribution in [0.25, 0.3) is 5.69 Å². The molecule has 0 radical (unpaired) electrons. The molecule has 1 atom stereocenters. The highest BCUT2D eigenvalue weighted by molar-refractivity contribution is 7.80. The van der Waals surface area contributed by atoms with Gasteiger partial charge in [0.2, 0.25) is 0 Å². The largest absolute Gasteiger partial charge is 0.467 e. The number of carbonyl (C=O) groups is 1. The Bertz CT molecular complexity index is 829. The van der Waals surface area contributed by atoms with E-state index in [-0.39, 0.29) is 16.4 Å². The van der Waals surface area contributed by atoms with Crippen molar-refractivity contribution in [2.75, 3.05) is 19.0 Å². The van der Waals surface area contributed by atoms with Crippen molar-refractivity contribution in [1.29, 1.82) is 0 Å². The molecule has 1 heterocycles. The summed E-state index contributed by atoms with van der Waals surface area (Å²) in [7, 11) is 2.97. The molecule has 0 aliphatic carbocycles. The molecule has 2 aromatic rings. The molecule has 9 heteroatoms. The first-order valence-electron chi connectivity index (χ1n) is 7.51. The van der Waals surface area contributed by atoms with E-state index in [0.29, 0.717) is 11.4 Å². The Labute approximate surface area is 150 Å². The van der Waals surface area contributed by atoms with E-state index >= 15 is 0 Å². The van der Waals surface area contributed by atoms with Gasteiger partial charge in [0.25, 0.3) is 5.56 Å². The monoisotopic (exact) mass is 364 g/mol. The van der Waals surface area contributed by atoms with E-state index in [1.165, 1.54) is 11.8 Å². The topological polar surface area (TPSA) is 97.5 Å². The zero-order chi connectivity index (χ0) is 18.6. The molecule has 0 bridgehead atoms. The van der Waals surface area contributed by atoms with Gasteiger partial charge in [-0.05, 0) is 31.3 Å². The van der Waals surface area contributed by atoms with Crippen LogP contribution in [0.1, 0.15) is 5.69 Å². The first-order valence-corrected chi connectivity index (χ1v) is 7.91. The molecule has 0 aliphatic rings. The SMILES string of the molecule is COC(=O)C(CO)NC(=S)Nc1c(C)n(C)n(-c2ccccc2)c1=O. The zero-order valence-electron chi connectivity index (χ0n) is 14.1. The number of anilines is 1. The summed E-state index contributed by atoms with van der Waals surface area (Å²) in [5.74, 6) is -0.655. The number of nitrogens with one attached hydrogen (secondary N) is 2. The van der Waals surface area contributed by atoms with Gasteiger partial charge < -0.3 is 20.5 Å². The third-order valence-electron chi connectivity index (χ3n) is 3.77. The number of methoxy groups -OCH3 is 1. The van der Waals surface area contributed by atoms with Crippen LogP contribution < -0.4 is 16.2 Å². The van der Waals surface area contributed by atoms with Crippen molar-refractivity contribution < 1.29 is 14.6 Å². The van der Waals surface area contributed by atoms with E-state index in [0.717, 1.165) is 0 Å². The molecule has 8 nitrogen and oxygen atoms in total. The highest BCUT2D eigenvalue weighted by Gasteiger charge is 2.21. The van der Waals surface area contributed by atoms with Gasteiger partial charge in [0.05, 0.1) is 25.1 Å². The summed E-state index contributed by atoms with van der Waals surface area (Å²) in [5, 5.41) is 14.7. The van der Waals surface area contributed by atoms with Crippen LogP contribution in [-0.4, -0.2) is 45.3 Å². The van der Waals surface area contributed by atoms with Gasteiger partial charge in [-0.1, -0.05) is 18.2 Å². The summed E-state index contributed by atoms with van der Waals surface area (Å²) in [4.78, 5) is 24.2. The van der Waals surface area contributed by atoms with E-state index in [2.05, 4.69) is 15.4 Å². The Morgan fingerprint density at radius 2 is 2.00 bits per heavy atom. The van der Waals surface area contributed by atoms with Gasteiger partial charge in [-0.2, -0.15) is 0 Å². The highest BCUT2D eigenvalue weighted by atomic mass is 32.1. The molecule has 0 aliphatic heterocycles. The van der Waals surface area contributed by atoms with Gasteiger partial charge in [-0.25, -0.2) is 9.48 Å². The molecule has 1 unspecified atom stereocenters. The van der Waals surface area contributed by atoms with Crippen LogP contribution in [-0.2, 0) is 16.6 Å². The lowest BCUT2D eigenvalue weighted by atomic mass is 10.3. The van der Waals surface area contributed by atoms with Crippen molar-refractivity contribution >= 4 is 29.0 Å². The normalized spacial score (nSPS) is 11.7. The van der Waals surface area contributed by atoms with E-state index < -0.39 is 18.6 Å². The number of thiocarbonyl (C=S) groups is 1. The highest BCUT2D eigenvalue weighted by Crippen LogP contribution is 2.13. The fourth-order valence-corrected chi connectivity index (χ4v) is 2.59. The number of ether oxygens (including phenoxy) is 1. The quantitative estimate of drug-likeness (QED) is 0.519. The predicted molar refractivity (Wildman–Crippen MR) is 98.0 cm³/mol. The summed E-state index contributed by atoms with van der Waals surface area (Å²) in [6, 6.07) is 8.17. The number of benzene rings is 1. The van der Waals surface area contributed by atoms with Crippen LogP contribution in [0.2, 0.25) is 0 Å². The molecule has 134 valence electrons. The molecule has 0 saturated carbocycles. The molecule has 0 amide bonds. The molecule has 0 spiro atoms. The second-order valence-corrected chi connectivity index (χ2v) is 5.70. The smallest absolute Gasteiger partial charge is 0.330 e. The summed E-state index contributed by atoms with van der Waals surface area (Å²) in [6.07, 6.45) is 0. The third kappa shape index (κ3) is 3.89. The van der Waals surface area contributed by atoms with Crippen molar-refractivity contribution in [3.63, 3.8) is 0 Å². The van der Waals surface area contributed by atoms with Crippen LogP contribution in [0, 0.1) is 6.92 Å². The number of carbonyl (C=O) groups excluding carboxylic acids is 1. The average molecular weight is 364 g/mol. The minimum Gasteiger partial charge on any atom is -0.467 e. The Balaban J connectivity index is 2.28. The lowest BCUT2D eigenvalue weighted by Gasteiger charge is -2.16. The molecule has 3 N–H and O–H groups in total. The van der Waals surface area contributed by atoms with Gasteiger partial charge in [0, 0.05) is 7.05 Å². The molecular weight excluding hydrogens is 344 g/mol. The Hall–Kier alpha value is -2.65. The maximum absolute atomic E-state index is 12.7. The Kier molecular flexibility index (Phi) is 5.94. The van der Waals surface area contributed by atoms with Crippen molar-refractivity contribution in [3.05, 3.63) is 46.4 Å². The first kappa shape index (κ1) is 18.7. The molecule has 0 saturated heterocycles. The van der Waals surface area contributed by atoms with Crippen LogP contribution in [0.5, 0.6) is 0 Å². The van der Waals surface area contributed by atoms with E-state index in [9.17, 15) is 14.7 Å². The van der Waals surface area contributed by atoms with Gasteiger partial charge in [-0.3, -0.25) is 9.48 Å². The van der Waals surface area contributed by atoms with E-state index in [4.69, 9.17) is 12.2 Å². The van der Waals surface area contributed by atoms with Crippen LogP contribution in [0.15, 0.2) is 35.1 Å². The number of nitrogens with zero attached hydrogens (tertiary/aromatic N) is 2. The van der Waals surface area contributed by atoms with Crippen LogP contribution >= 0.6 is 12.2 Å². The molecule has 25 heavy (non-hydrogen) atoms. The first-order chi connectivity index (χ1) is 11.9. The Morgan fingerprint density at radius 1 is 1.36 bits per heavy atom. The molecule has 1 aromatic carbocycles. The van der Waals surface area contributed by atoms with Crippen molar-refractivity contribution in [2.45, 2.75) is 13.0 Å². The molecule has 0 fully saturated rings. The Morgan fingerprint density at radius 3 is 2.56 bits per heavy atom. The summed E-state index contributed by atoms with van der Waals surface area (Å²) in [5.41, 5.74) is 1.38. The maximum atomic E-state index is 12.7. The fraction of sp³-hybridized carbons (Fsp3) is 0.312. The molecule has 1 aromatic heterocycles. The van der Waals surface area contributed by atoms with E-state index in [1.54, 1.807) is 18.7 Å². The van der Waals surface area contributed by atoms with E-state index in [1.807, 2.05) is 30.3 Å². The van der Waals surface area contributed by atoms with Gasteiger partial charge in [0.15, 0.2) is 5.11 Å². The number of hydrogen-bond donors (Lipinski definition) is 3. The standard InChI is InChI=1S/C16H20N4O4S/c1-10-13(18-16(25)17-12(9-21)15(23)24-3)14(22)20(19(10)2)11-7-5-4-6-8-11/h4-8,12,21H,9H2,1-3H3,(H2,17,18,25). The average Bonchev–Trinajstić information content (AvgIpc) is 2.83. The lowest BCUT2D eigenvalue weighted by Crippen LogP contribution is -2.46. The lowest BCUT2D eigenvalue weighted by molar-refractivity contribution is -0.143. The number of esters is 1. The fourth-order valence-electron chi connectivity index (χ4n) is 2.34. The number of aliphatic hydroxyl groups is 1. The maximum Gasteiger partial charge on any atom is 0.330 e. The number of rotatable bonds is 5.